The van der Waals surface area contributed by atoms with Crippen LogP contribution in [0.15, 0.2) is 10.5 Å². The van der Waals surface area contributed by atoms with E-state index < -0.39 is 5.54 Å². The molecule has 0 radical (unpaired) electrons. The molecule has 102 valence electrons. The fraction of sp³-hybridized carbons (Fsp3) is 0.571. The highest BCUT2D eigenvalue weighted by atomic mass is 16.3. The second kappa shape index (κ2) is 5.06. The summed E-state index contributed by atoms with van der Waals surface area (Å²) in [7, 11) is 2.02. The van der Waals surface area contributed by atoms with Gasteiger partial charge in [-0.15, -0.1) is 0 Å². The standard InChI is InChI=1S/C14H19N3O2/c1-10-8-12(11(2)19-10)13(18)16-14(9-15)4-6-17(3)7-5-14/h8H,4-7H2,1-3H3,(H,16,18). The van der Waals surface area contributed by atoms with Crippen LogP contribution in [0.1, 0.15) is 34.7 Å². The number of rotatable bonds is 2. The van der Waals surface area contributed by atoms with Gasteiger partial charge in [-0.2, -0.15) is 5.26 Å². The Morgan fingerprint density at radius 2 is 2.11 bits per heavy atom. The Bertz CT molecular complexity index is 519. The van der Waals surface area contributed by atoms with Crippen molar-refractivity contribution in [3.8, 4) is 6.07 Å². The summed E-state index contributed by atoms with van der Waals surface area (Å²) in [5.41, 5.74) is -0.229. The van der Waals surface area contributed by atoms with Crippen molar-refractivity contribution in [2.75, 3.05) is 20.1 Å². The maximum Gasteiger partial charge on any atom is 0.256 e. The quantitative estimate of drug-likeness (QED) is 0.878. The van der Waals surface area contributed by atoms with Crippen molar-refractivity contribution in [1.82, 2.24) is 10.2 Å². The van der Waals surface area contributed by atoms with Crippen molar-refractivity contribution in [3.63, 3.8) is 0 Å². The molecule has 1 aromatic heterocycles. The van der Waals surface area contributed by atoms with Crippen LogP contribution in [0.2, 0.25) is 0 Å². The molecule has 1 fully saturated rings. The maximum absolute atomic E-state index is 12.3. The van der Waals surface area contributed by atoms with Crippen LogP contribution in [0.4, 0.5) is 0 Å². The molecule has 0 aromatic carbocycles. The van der Waals surface area contributed by atoms with Gasteiger partial charge in [-0.1, -0.05) is 0 Å². The first kappa shape index (κ1) is 13.6. The minimum atomic E-state index is -0.749. The lowest BCUT2D eigenvalue weighted by atomic mass is 9.89. The first-order chi connectivity index (χ1) is 8.96. The van der Waals surface area contributed by atoms with Gasteiger partial charge in [0, 0.05) is 13.1 Å². The first-order valence-electron chi connectivity index (χ1n) is 6.45. The molecule has 19 heavy (non-hydrogen) atoms. The van der Waals surface area contributed by atoms with E-state index in [0.717, 1.165) is 13.1 Å². The van der Waals surface area contributed by atoms with E-state index in [4.69, 9.17) is 4.42 Å². The number of likely N-dealkylation sites (tertiary alicyclic amines) is 1. The van der Waals surface area contributed by atoms with Crippen molar-refractivity contribution in [3.05, 3.63) is 23.2 Å². The number of piperidine rings is 1. The molecular formula is C14H19N3O2. The first-order valence-corrected chi connectivity index (χ1v) is 6.45. The number of carbonyl (C=O) groups is 1. The van der Waals surface area contributed by atoms with E-state index >= 15 is 0 Å². The van der Waals surface area contributed by atoms with Crippen LogP contribution in [0.3, 0.4) is 0 Å². The maximum atomic E-state index is 12.3. The van der Waals surface area contributed by atoms with E-state index in [1.165, 1.54) is 0 Å². The molecule has 1 aliphatic rings. The van der Waals surface area contributed by atoms with Gasteiger partial charge in [0.25, 0.3) is 5.91 Å². The van der Waals surface area contributed by atoms with Crippen molar-refractivity contribution >= 4 is 5.91 Å². The molecule has 0 spiro atoms. The molecule has 2 rings (SSSR count). The number of hydrogen-bond acceptors (Lipinski definition) is 4. The molecule has 2 heterocycles. The number of nitrogens with zero attached hydrogens (tertiary/aromatic N) is 2. The molecule has 5 nitrogen and oxygen atoms in total. The summed E-state index contributed by atoms with van der Waals surface area (Å²) in [5.74, 6) is 1.08. The third kappa shape index (κ3) is 2.79. The fourth-order valence-corrected chi connectivity index (χ4v) is 2.41. The second-order valence-corrected chi connectivity index (χ2v) is 5.28. The zero-order chi connectivity index (χ0) is 14.0. The van der Waals surface area contributed by atoms with Crippen LogP contribution in [0.25, 0.3) is 0 Å². The van der Waals surface area contributed by atoms with Gasteiger partial charge in [-0.05, 0) is 39.8 Å². The molecule has 0 bridgehead atoms. The molecule has 0 unspecified atom stereocenters. The van der Waals surface area contributed by atoms with Crippen molar-refractivity contribution in [1.29, 1.82) is 5.26 Å². The molecule has 0 atom stereocenters. The van der Waals surface area contributed by atoms with Crippen LogP contribution in [-0.2, 0) is 0 Å². The highest BCUT2D eigenvalue weighted by molar-refractivity contribution is 5.96. The van der Waals surface area contributed by atoms with E-state index in [-0.39, 0.29) is 5.91 Å². The third-order valence-corrected chi connectivity index (χ3v) is 3.69. The Morgan fingerprint density at radius 1 is 1.47 bits per heavy atom. The molecule has 1 amide bonds. The second-order valence-electron chi connectivity index (χ2n) is 5.28. The van der Waals surface area contributed by atoms with Gasteiger partial charge in [0.1, 0.15) is 17.1 Å². The molecular weight excluding hydrogens is 242 g/mol. The smallest absolute Gasteiger partial charge is 0.256 e. The van der Waals surface area contributed by atoms with Crippen molar-refractivity contribution in [2.24, 2.45) is 0 Å². The summed E-state index contributed by atoms with van der Waals surface area (Å²) >= 11 is 0. The molecule has 1 N–H and O–H groups in total. The predicted molar refractivity (Wildman–Crippen MR) is 70.7 cm³/mol. The van der Waals surface area contributed by atoms with Gasteiger partial charge >= 0.3 is 0 Å². The third-order valence-electron chi connectivity index (χ3n) is 3.69. The summed E-state index contributed by atoms with van der Waals surface area (Å²) in [6.45, 7) is 5.20. The number of hydrogen-bond donors (Lipinski definition) is 1. The lowest BCUT2D eigenvalue weighted by molar-refractivity contribution is 0.0880. The highest BCUT2D eigenvalue weighted by Gasteiger charge is 2.36. The van der Waals surface area contributed by atoms with E-state index in [1.807, 2.05) is 7.05 Å². The van der Waals surface area contributed by atoms with E-state index in [0.29, 0.717) is 29.9 Å². The number of amides is 1. The van der Waals surface area contributed by atoms with E-state index in [9.17, 15) is 10.1 Å². The number of nitrogens with one attached hydrogen (secondary N) is 1. The summed E-state index contributed by atoms with van der Waals surface area (Å²) < 4.78 is 5.36. The van der Waals surface area contributed by atoms with Crippen LogP contribution in [-0.4, -0.2) is 36.5 Å². The molecule has 0 aliphatic carbocycles. The van der Waals surface area contributed by atoms with Gasteiger partial charge in [0.2, 0.25) is 0 Å². The van der Waals surface area contributed by atoms with Gasteiger partial charge in [0.05, 0.1) is 11.6 Å². The topological polar surface area (TPSA) is 69.3 Å². The predicted octanol–water partition coefficient (Wildman–Crippen LogP) is 1.61. The highest BCUT2D eigenvalue weighted by Crippen LogP contribution is 2.22. The van der Waals surface area contributed by atoms with Gasteiger partial charge < -0.3 is 14.6 Å². The van der Waals surface area contributed by atoms with E-state index in [1.54, 1.807) is 19.9 Å². The molecule has 1 aromatic rings. The van der Waals surface area contributed by atoms with Gasteiger partial charge in [-0.25, -0.2) is 0 Å². The number of carbonyl (C=O) groups excluding carboxylic acids is 1. The van der Waals surface area contributed by atoms with Crippen molar-refractivity contribution in [2.45, 2.75) is 32.2 Å². The normalized spacial score (nSPS) is 18.8. The molecule has 1 aliphatic heterocycles. The summed E-state index contributed by atoms with van der Waals surface area (Å²) in [5, 5.41) is 12.3. The molecule has 5 heteroatoms. The average molecular weight is 261 g/mol. The lowest BCUT2D eigenvalue weighted by Gasteiger charge is -2.35. The van der Waals surface area contributed by atoms with Gasteiger partial charge in [0.15, 0.2) is 0 Å². The largest absolute Gasteiger partial charge is 0.466 e. The lowest BCUT2D eigenvalue weighted by Crippen LogP contribution is -2.53. The molecule has 0 saturated carbocycles. The SMILES string of the molecule is Cc1cc(C(=O)NC2(C#N)CCN(C)CC2)c(C)o1. The fourth-order valence-electron chi connectivity index (χ4n) is 2.41. The zero-order valence-corrected chi connectivity index (χ0v) is 11.6. The number of nitriles is 1. The minimum Gasteiger partial charge on any atom is -0.466 e. The Kier molecular flexibility index (Phi) is 3.63. The van der Waals surface area contributed by atoms with Crippen molar-refractivity contribution < 1.29 is 9.21 Å². The van der Waals surface area contributed by atoms with Crippen LogP contribution >= 0.6 is 0 Å². The summed E-state index contributed by atoms with van der Waals surface area (Å²) in [6.07, 6.45) is 1.31. The van der Waals surface area contributed by atoms with Crippen LogP contribution < -0.4 is 5.32 Å². The average Bonchev–Trinajstić information content (AvgIpc) is 2.72. The minimum absolute atomic E-state index is 0.222. The van der Waals surface area contributed by atoms with Gasteiger partial charge in [-0.3, -0.25) is 4.79 Å². The summed E-state index contributed by atoms with van der Waals surface area (Å²) in [4.78, 5) is 14.4. The zero-order valence-electron chi connectivity index (χ0n) is 11.6. The van der Waals surface area contributed by atoms with E-state index in [2.05, 4.69) is 16.3 Å². The molecule has 1 saturated heterocycles. The monoisotopic (exact) mass is 261 g/mol. The Labute approximate surface area is 113 Å². The number of furan rings is 1. The van der Waals surface area contributed by atoms with Crippen LogP contribution in [0.5, 0.6) is 0 Å². The Morgan fingerprint density at radius 3 is 2.58 bits per heavy atom. The number of aryl methyl sites for hydroxylation is 2. The Balaban J connectivity index is 2.13. The summed E-state index contributed by atoms with van der Waals surface area (Å²) in [6, 6.07) is 3.99. The Hall–Kier alpha value is -1.80. The van der Waals surface area contributed by atoms with Crippen LogP contribution in [0, 0.1) is 25.2 Å².